The first-order chi connectivity index (χ1) is 16.5. The summed E-state index contributed by atoms with van der Waals surface area (Å²) in [7, 11) is 1.31. The first-order valence-electron chi connectivity index (χ1n) is 10.4. The zero-order valence-electron chi connectivity index (χ0n) is 18.3. The Morgan fingerprint density at radius 2 is 1.91 bits per heavy atom. The topological polar surface area (TPSA) is 121 Å². The Bertz CT molecular complexity index is 1370. The van der Waals surface area contributed by atoms with Gasteiger partial charge in [-0.05, 0) is 53.6 Å². The number of hydrogen-bond acceptors (Lipinski definition) is 6. The molecule has 3 aromatic carbocycles. The van der Waals surface area contributed by atoms with Crippen molar-refractivity contribution in [1.82, 2.24) is 5.32 Å². The summed E-state index contributed by atoms with van der Waals surface area (Å²) in [6, 6.07) is 20.7. The SMILES string of the molecule is COC(=O)c1cccc(CNC(=O)c2ccc3c(c2)NC(=O)CC(c2cccc(C#N)c2)=N3)c1. The zero-order valence-corrected chi connectivity index (χ0v) is 18.3. The number of methoxy groups -OCH3 is 1. The summed E-state index contributed by atoms with van der Waals surface area (Å²) in [6.45, 7) is 0.213. The molecule has 0 saturated heterocycles. The number of aliphatic imine (C=N–C) groups is 1. The average molecular weight is 452 g/mol. The van der Waals surface area contributed by atoms with E-state index in [4.69, 9.17) is 10.00 Å². The largest absolute Gasteiger partial charge is 0.465 e. The standard InChI is InChI=1S/C26H20N4O4/c1-34-26(33)20-7-3-5-17(11-20)15-28-25(32)19-8-9-21-23(12-19)30-24(31)13-22(29-21)18-6-2-4-16(10-18)14-27/h2-12H,13,15H2,1H3,(H,28,32)(H,30,31). The highest BCUT2D eigenvalue weighted by Gasteiger charge is 2.19. The maximum absolute atomic E-state index is 12.7. The smallest absolute Gasteiger partial charge is 0.337 e. The van der Waals surface area contributed by atoms with Gasteiger partial charge in [-0.25, -0.2) is 4.79 Å². The molecule has 0 fully saturated rings. The van der Waals surface area contributed by atoms with Crippen molar-refractivity contribution in [3.8, 4) is 6.07 Å². The Morgan fingerprint density at radius 3 is 2.71 bits per heavy atom. The van der Waals surface area contributed by atoms with E-state index in [1.807, 2.05) is 0 Å². The summed E-state index contributed by atoms with van der Waals surface area (Å²) in [5, 5.41) is 14.8. The molecule has 8 nitrogen and oxygen atoms in total. The summed E-state index contributed by atoms with van der Waals surface area (Å²) in [6.07, 6.45) is 0.0433. The Hall–Kier alpha value is -4.77. The summed E-state index contributed by atoms with van der Waals surface area (Å²) < 4.78 is 4.72. The van der Waals surface area contributed by atoms with Gasteiger partial charge in [0.2, 0.25) is 5.91 Å². The molecule has 4 rings (SSSR count). The van der Waals surface area contributed by atoms with Crippen molar-refractivity contribution in [3.63, 3.8) is 0 Å². The van der Waals surface area contributed by atoms with E-state index in [1.54, 1.807) is 66.7 Å². The van der Waals surface area contributed by atoms with Crippen LogP contribution in [-0.2, 0) is 16.1 Å². The van der Waals surface area contributed by atoms with Gasteiger partial charge in [-0.2, -0.15) is 5.26 Å². The molecule has 0 aliphatic carbocycles. The van der Waals surface area contributed by atoms with Crippen molar-refractivity contribution in [2.45, 2.75) is 13.0 Å². The number of amides is 2. The molecule has 0 unspecified atom stereocenters. The van der Waals surface area contributed by atoms with Gasteiger partial charge in [-0.1, -0.05) is 24.3 Å². The maximum atomic E-state index is 12.7. The van der Waals surface area contributed by atoms with Crippen LogP contribution in [0.15, 0.2) is 71.7 Å². The number of hydrogen-bond donors (Lipinski definition) is 2. The number of carbonyl (C=O) groups excluding carboxylic acids is 3. The highest BCUT2D eigenvalue weighted by Crippen LogP contribution is 2.30. The monoisotopic (exact) mass is 452 g/mol. The van der Waals surface area contributed by atoms with Crippen LogP contribution in [0.2, 0.25) is 0 Å². The molecule has 168 valence electrons. The lowest BCUT2D eigenvalue weighted by Crippen LogP contribution is -2.23. The van der Waals surface area contributed by atoms with Gasteiger partial charge in [-0.3, -0.25) is 14.6 Å². The molecule has 1 heterocycles. The first kappa shape index (κ1) is 22.4. The lowest BCUT2D eigenvalue weighted by Gasteiger charge is -2.09. The van der Waals surface area contributed by atoms with E-state index in [2.05, 4.69) is 21.7 Å². The van der Waals surface area contributed by atoms with Gasteiger partial charge < -0.3 is 15.4 Å². The zero-order chi connectivity index (χ0) is 24.1. The number of nitrogens with one attached hydrogen (secondary N) is 2. The minimum absolute atomic E-state index is 0.0433. The fourth-order valence-electron chi connectivity index (χ4n) is 3.55. The van der Waals surface area contributed by atoms with Crippen LogP contribution >= 0.6 is 0 Å². The third-order valence-corrected chi connectivity index (χ3v) is 5.24. The number of carbonyl (C=O) groups is 3. The van der Waals surface area contributed by atoms with Crippen molar-refractivity contribution in [3.05, 3.63) is 94.5 Å². The predicted molar refractivity (Wildman–Crippen MR) is 126 cm³/mol. The molecule has 3 aromatic rings. The normalized spacial score (nSPS) is 12.4. The quantitative estimate of drug-likeness (QED) is 0.572. The van der Waals surface area contributed by atoms with Gasteiger partial charge in [0.1, 0.15) is 0 Å². The van der Waals surface area contributed by atoms with Gasteiger partial charge in [-0.15, -0.1) is 0 Å². The first-order valence-corrected chi connectivity index (χ1v) is 10.4. The van der Waals surface area contributed by atoms with E-state index in [9.17, 15) is 14.4 Å². The van der Waals surface area contributed by atoms with Crippen LogP contribution in [0.3, 0.4) is 0 Å². The Labute approximate surface area is 195 Å². The number of fused-ring (bicyclic) bond motifs is 1. The van der Waals surface area contributed by atoms with Crippen molar-refractivity contribution < 1.29 is 19.1 Å². The van der Waals surface area contributed by atoms with E-state index in [0.717, 1.165) is 5.56 Å². The highest BCUT2D eigenvalue weighted by atomic mass is 16.5. The van der Waals surface area contributed by atoms with Crippen molar-refractivity contribution in [2.75, 3.05) is 12.4 Å². The molecule has 0 spiro atoms. The van der Waals surface area contributed by atoms with Crippen molar-refractivity contribution in [1.29, 1.82) is 5.26 Å². The second-order valence-electron chi connectivity index (χ2n) is 7.58. The van der Waals surface area contributed by atoms with Crippen LogP contribution in [0.25, 0.3) is 0 Å². The van der Waals surface area contributed by atoms with Gasteiger partial charge in [0.15, 0.2) is 0 Å². The van der Waals surface area contributed by atoms with Crippen LogP contribution in [0, 0.1) is 11.3 Å². The number of nitriles is 1. The van der Waals surface area contributed by atoms with E-state index < -0.39 is 5.97 Å². The van der Waals surface area contributed by atoms with E-state index in [1.165, 1.54) is 7.11 Å². The molecular weight excluding hydrogens is 432 g/mol. The Morgan fingerprint density at radius 1 is 1.09 bits per heavy atom. The fraction of sp³-hybridized carbons (Fsp3) is 0.115. The number of benzene rings is 3. The second-order valence-corrected chi connectivity index (χ2v) is 7.58. The van der Waals surface area contributed by atoms with Crippen LogP contribution in [-0.4, -0.2) is 30.6 Å². The van der Waals surface area contributed by atoms with Crippen molar-refractivity contribution in [2.24, 2.45) is 4.99 Å². The minimum Gasteiger partial charge on any atom is -0.465 e. The lowest BCUT2D eigenvalue weighted by molar-refractivity contribution is -0.115. The molecule has 0 bridgehead atoms. The van der Waals surface area contributed by atoms with Gasteiger partial charge in [0.05, 0.1) is 47.8 Å². The summed E-state index contributed by atoms with van der Waals surface area (Å²) in [5.41, 5.74) is 4.16. The molecule has 34 heavy (non-hydrogen) atoms. The molecule has 2 N–H and O–H groups in total. The van der Waals surface area contributed by atoms with E-state index >= 15 is 0 Å². The number of esters is 1. The van der Waals surface area contributed by atoms with Gasteiger partial charge in [0, 0.05) is 12.1 Å². The summed E-state index contributed by atoms with van der Waals surface area (Å²) in [4.78, 5) is 41.5. The minimum atomic E-state index is -0.450. The molecule has 0 aromatic heterocycles. The molecular formula is C26H20N4O4. The lowest BCUT2D eigenvalue weighted by atomic mass is 10.0. The Balaban J connectivity index is 1.53. The second kappa shape index (κ2) is 9.79. The van der Waals surface area contributed by atoms with Gasteiger partial charge in [0.25, 0.3) is 5.91 Å². The summed E-state index contributed by atoms with van der Waals surface area (Å²) >= 11 is 0. The van der Waals surface area contributed by atoms with E-state index in [0.29, 0.717) is 39.3 Å². The maximum Gasteiger partial charge on any atom is 0.337 e. The molecule has 0 atom stereocenters. The fourth-order valence-corrected chi connectivity index (χ4v) is 3.55. The number of nitrogens with zero attached hydrogens (tertiary/aromatic N) is 2. The van der Waals surface area contributed by atoms with Crippen molar-refractivity contribution >= 4 is 34.9 Å². The molecule has 2 amide bonds. The third kappa shape index (κ3) is 5.00. The molecule has 8 heteroatoms. The molecule has 1 aliphatic rings. The van der Waals surface area contributed by atoms with Crippen LogP contribution in [0.5, 0.6) is 0 Å². The van der Waals surface area contributed by atoms with Crippen LogP contribution < -0.4 is 10.6 Å². The average Bonchev–Trinajstić information content (AvgIpc) is 3.04. The summed E-state index contributed by atoms with van der Waals surface area (Å²) in [5.74, 6) is -1.05. The molecule has 0 radical (unpaired) electrons. The molecule has 1 aliphatic heterocycles. The third-order valence-electron chi connectivity index (χ3n) is 5.24. The predicted octanol–water partition coefficient (Wildman–Crippen LogP) is 3.74. The molecule has 0 saturated carbocycles. The highest BCUT2D eigenvalue weighted by molar-refractivity contribution is 6.17. The number of ether oxygens (including phenoxy) is 1. The van der Waals surface area contributed by atoms with E-state index in [-0.39, 0.29) is 24.8 Å². The number of rotatable bonds is 5. The Kier molecular flexibility index (Phi) is 6.46. The van der Waals surface area contributed by atoms with Crippen LogP contribution in [0.4, 0.5) is 11.4 Å². The van der Waals surface area contributed by atoms with Gasteiger partial charge >= 0.3 is 5.97 Å². The number of anilines is 1. The van der Waals surface area contributed by atoms with Crippen LogP contribution in [0.1, 0.15) is 43.8 Å².